The predicted octanol–water partition coefficient (Wildman–Crippen LogP) is 4.35. The Hall–Kier alpha value is -2.96. The van der Waals surface area contributed by atoms with E-state index in [-0.39, 0.29) is 12.0 Å². The molecule has 0 radical (unpaired) electrons. The van der Waals surface area contributed by atoms with Crippen molar-refractivity contribution in [3.8, 4) is 17.6 Å². The van der Waals surface area contributed by atoms with Crippen molar-refractivity contribution < 1.29 is 19.5 Å². The molecule has 3 heterocycles. The Bertz CT molecular complexity index is 1190. The molecule has 184 valence electrons. The van der Waals surface area contributed by atoms with Crippen molar-refractivity contribution in [1.29, 1.82) is 0 Å². The first-order valence-corrected chi connectivity index (χ1v) is 12.7. The second-order valence-corrected chi connectivity index (χ2v) is 9.69. The summed E-state index contributed by atoms with van der Waals surface area (Å²) >= 11 is 1.62. The average molecular weight is 494 g/mol. The van der Waals surface area contributed by atoms with Crippen LogP contribution in [0.2, 0.25) is 0 Å². The number of carboxylic acids is 1. The number of nitrogens with zero attached hydrogens (tertiary/aromatic N) is 2. The Balaban J connectivity index is 1.44. The van der Waals surface area contributed by atoms with Gasteiger partial charge in [0.2, 0.25) is 0 Å². The molecule has 3 atom stereocenters. The van der Waals surface area contributed by atoms with Crippen molar-refractivity contribution in [3.05, 3.63) is 58.4 Å². The Morgan fingerprint density at radius 3 is 2.97 bits per heavy atom. The summed E-state index contributed by atoms with van der Waals surface area (Å²) in [5, 5.41) is 13.0. The monoisotopic (exact) mass is 493 g/mol. The van der Waals surface area contributed by atoms with Gasteiger partial charge < -0.3 is 14.7 Å². The summed E-state index contributed by atoms with van der Waals surface area (Å²) in [7, 11) is 3.25. The summed E-state index contributed by atoms with van der Waals surface area (Å²) < 4.78 is 5.41. The molecule has 3 aromatic rings. The quantitative estimate of drug-likeness (QED) is 0.339. The Morgan fingerprint density at radius 1 is 1.34 bits per heavy atom. The number of fused-ring (bicyclic) bond motifs is 1. The lowest BCUT2D eigenvalue weighted by molar-refractivity contribution is -0.146. The third-order valence-electron chi connectivity index (χ3n) is 6.64. The van der Waals surface area contributed by atoms with E-state index in [2.05, 4.69) is 27.2 Å². The number of piperidine rings is 1. The van der Waals surface area contributed by atoms with E-state index in [4.69, 9.17) is 9.57 Å². The topological polar surface area (TPSA) is 83.9 Å². The van der Waals surface area contributed by atoms with Gasteiger partial charge in [-0.15, -0.1) is 11.3 Å². The molecule has 2 N–H and O–H groups in total. The summed E-state index contributed by atoms with van der Waals surface area (Å²) in [6.07, 6.45) is 4.16. The van der Waals surface area contributed by atoms with Crippen LogP contribution in [-0.2, 0) is 9.63 Å². The Labute approximate surface area is 210 Å². The summed E-state index contributed by atoms with van der Waals surface area (Å²) in [6.45, 7) is 1.97. The maximum absolute atomic E-state index is 12.1. The third kappa shape index (κ3) is 6.38. The number of hydrogen-bond donors (Lipinski definition) is 2. The van der Waals surface area contributed by atoms with E-state index >= 15 is 0 Å². The molecular formula is C27H31N3O4S. The van der Waals surface area contributed by atoms with E-state index in [0.29, 0.717) is 13.1 Å². The number of likely N-dealkylation sites (tertiary alicyclic amines) is 1. The minimum Gasteiger partial charge on any atom is -0.497 e. The summed E-state index contributed by atoms with van der Waals surface area (Å²) in [4.78, 5) is 25.1. The molecule has 35 heavy (non-hydrogen) atoms. The highest BCUT2D eigenvalue weighted by Gasteiger charge is 2.34. The fraction of sp³-hybridized carbons (Fsp3) is 0.407. The van der Waals surface area contributed by atoms with E-state index in [9.17, 15) is 9.90 Å². The molecule has 1 aromatic carbocycles. The number of benzene rings is 1. The van der Waals surface area contributed by atoms with Crippen molar-refractivity contribution >= 4 is 28.2 Å². The van der Waals surface area contributed by atoms with Crippen LogP contribution in [0.4, 0.5) is 0 Å². The minimum absolute atomic E-state index is 0.0952. The van der Waals surface area contributed by atoms with E-state index in [1.807, 2.05) is 41.8 Å². The van der Waals surface area contributed by atoms with Crippen LogP contribution >= 0.6 is 11.3 Å². The Kier molecular flexibility index (Phi) is 8.72. The second-order valence-electron chi connectivity index (χ2n) is 8.74. The number of aromatic nitrogens is 1. The number of carbonyl (C=O) groups is 1. The number of methoxy groups -OCH3 is 1. The molecule has 1 saturated heterocycles. The molecule has 0 bridgehead atoms. The fourth-order valence-electron chi connectivity index (χ4n) is 4.80. The van der Waals surface area contributed by atoms with Crippen molar-refractivity contribution in [2.75, 3.05) is 33.9 Å². The lowest BCUT2D eigenvalue weighted by atomic mass is 9.81. The molecule has 7 nitrogen and oxygen atoms in total. The first kappa shape index (κ1) is 25.1. The van der Waals surface area contributed by atoms with Crippen molar-refractivity contribution in [2.24, 2.45) is 11.8 Å². The summed E-state index contributed by atoms with van der Waals surface area (Å²) in [5.74, 6) is 6.08. The lowest BCUT2D eigenvalue weighted by Crippen LogP contribution is -2.44. The van der Waals surface area contributed by atoms with E-state index in [0.717, 1.165) is 52.9 Å². The first-order valence-electron chi connectivity index (χ1n) is 11.8. The normalized spacial score (nSPS) is 19.1. The minimum atomic E-state index is -0.735. The van der Waals surface area contributed by atoms with Gasteiger partial charge in [0.25, 0.3) is 0 Å². The zero-order valence-electron chi connectivity index (χ0n) is 20.1. The first-order chi connectivity index (χ1) is 17.1. The van der Waals surface area contributed by atoms with E-state index in [1.165, 1.54) is 0 Å². The van der Waals surface area contributed by atoms with Gasteiger partial charge in [-0.05, 0) is 73.0 Å². The van der Waals surface area contributed by atoms with Crippen LogP contribution < -0.4 is 10.2 Å². The molecule has 2 aromatic heterocycles. The summed E-state index contributed by atoms with van der Waals surface area (Å²) in [5.41, 5.74) is 5.06. The fourth-order valence-corrected chi connectivity index (χ4v) is 5.40. The molecule has 1 aliphatic heterocycles. The number of pyridine rings is 1. The highest BCUT2D eigenvalue weighted by atomic mass is 32.1. The highest BCUT2D eigenvalue weighted by molar-refractivity contribution is 7.10. The van der Waals surface area contributed by atoms with Crippen LogP contribution in [0.5, 0.6) is 5.75 Å². The van der Waals surface area contributed by atoms with Crippen LogP contribution in [0.15, 0.2) is 48.0 Å². The lowest BCUT2D eigenvalue weighted by Gasteiger charge is -2.36. The van der Waals surface area contributed by atoms with E-state index < -0.39 is 11.9 Å². The number of aliphatic carboxylic acids is 1. The molecule has 0 aliphatic carbocycles. The summed E-state index contributed by atoms with van der Waals surface area (Å²) in [6, 6.07) is 11.7. The van der Waals surface area contributed by atoms with Gasteiger partial charge in [-0.25, -0.2) is 0 Å². The van der Waals surface area contributed by atoms with Gasteiger partial charge in [-0.2, -0.15) is 5.48 Å². The van der Waals surface area contributed by atoms with Gasteiger partial charge in [0.05, 0.1) is 43.1 Å². The SMILES string of the molecule is CON[C@@H](CC[C@@H]1CCN(CC#Cc2cccs2)C[C@@H]1C(=O)O)c1ccnc2ccc(OC)cc12. The standard InChI is InChI=1S/C27H31N3O4S/c1-33-20-8-10-25-23(17-20)22(11-13-28-25)26(29-34-2)9-7-19-12-15-30(18-24(19)27(31)32)14-3-5-21-6-4-16-35-21/h4,6,8,10-11,13,16-17,19,24,26,29H,7,9,12,14-15,18H2,1-2H3,(H,31,32)/t19-,24+,26+/m1/s1. The number of hydrogen-bond acceptors (Lipinski definition) is 7. The number of carboxylic acid groups (broad SMARTS) is 1. The van der Waals surface area contributed by atoms with Gasteiger partial charge in [0, 0.05) is 18.1 Å². The van der Waals surface area contributed by atoms with Gasteiger partial charge in [0.15, 0.2) is 0 Å². The third-order valence-corrected chi connectivity index (χ3v) is 7.42. The molecule has 4 rings (SSSR count). The maximum atomic E-state index is 12.1. The van der Waals surface area contributed by atoms with Gasteiger partial charge in [-0.3, -0.25) is 14.7 Å². The Morgan fingerprint density at radius 2 is 2.23 bits per heavy atom. The zero-order valence-corrected chi connectivity index (χ0v) is 20.9. The smallest absolute Gasteiger partial charge is 0.308 e. The molecular weight excluding hydrogens is 462 g/mol. The van der Waals surface area contributed by atoms with Crippen LogP contribution in [0.3, 0.4) is 0 Å². The van der Waals surface area contributed by atoms with Crippen molar-refractivity contribution in [2.45, 2.75) is 25.3 Å². The molecule has 1 aliphatic rings. The van der Waals surface area contributed by atoms with Gasteiger partial charge in [0.1, 0.15) is 5.75 Å². The molecule has 0 spiro atoms. The number of hydroxylamine groups is 1. The molecule has 8 heteroatoms. The van der Waals surface area contributed by atoms with Crippen molar-refractivity contribution in [1.82, 2.24) is 15.4 Å². The molecule has 0 amide bonds. The zero-order chi connectivity index (χ0) is 24.6. The number of ether oxygens (including phenoxy) is 1. The van der Waals surface area contributed by atoms with Crippen LogP contribution in [0.25, 0.3) is 10.9 Å². The highest BCUT2D eigenvalue weighted by Crippen LogP contribution is 2.33. The van der Waals surface area contributed by atoms with Crippen LogP contribution in [-0.4, -0.2) is 54.8 Å². The van der Waals surface area contributed by atoms with E-state index in [1.54, 1.807) is 31.8 Å². The maximum Gasteiger partial charge on any atom is 0.308 e. The number of thiophene rings is 1. The second kappa shape index (κ2) is 12.1. The molecule has 0 unspecified atom stereocenters. The predicted molar refractivity (Wildman–Crippen MR) is 137 cm³/mol. The van der Waals surface area contributed by atoms with Crippen LogP contribution in [0, 0.1) is 23.7 Å². The van der Waals surface area contributed by atoms with Crippen molar-refractivity contribution in [3.63, 3.8) is 0 Å². The number of rotatable bonds is 9. The molecule has 0 saturated carbocycles. The molecule has 1 fully saturated rings. The van der Waals surface area contributed by atoms with Crippen LogP contribution in [0.1, 0.15) is 35.7 Å². The van der Waals surface area contributed by atoms with Gasteiger partial charge >= 0.3 is 5.97 Å². The number of nitrogens with one attached hydrogen (secondary N) is 1. The average Bonchev–Trinajstić information content (AvgIpc) is 3.40. The largest absolute Gasteiger partial charge is 0.497 e. The van der Waals surface area contributed by atoms with Gasteiger partial charge in [-0.1, -0.05) is 17.9 Å².